The lowest BCUT2D eigenvalue weighted by Gasteiger charge is -2.09. The highest BCUT2D eigenvalue weighted by atomic mass is 16.1. The highest BCUT2D eigenvalue weighted by molar-refractivity contribution is 5.97. The molecule has 0 saturated carbocycles. The number of hydrogen-bond donors (Lipinski definition) is 1. The fourth-order valence-electron chi connectivity index (χ4n) is 6.54. The van der Waals surface area contributed by atoms with Crippen LogP contribution in [0.25, 0.3) is 56.1 Å². The van der Waals surface area contributed by atoms with Gasteiger partial charge in [-0.25, -0.2) is 9.36 Å². The van der Waals surface area contributed by atoms with E-state index >= 15 is 0 Å². The third kappa shape index (κ3) is 9.02. The van der Waals surface area contributed by atoms with Gasteiger partial charge in [-0.15, -0.1) is 10.2 Å². The summed E-state index contributed by atoms with van der Waals surface area (Å²) in [6.45, 7) is 2.88. The van der Waals surface area contributed by atoms with Gasteiger partial charge in [0.25, 0.3) is 5.91 Å². The maximum atomic E-state index is 13.6. The standard InChI is InChI=1S/C45H45N7O/c1-2-3-4-5-6-7-8-15-28-46-45(53)40-30-38(43-32-51(49-47-43)41-24-20-36(21-25-41)34-16-11-9-12-17-34)29-39(31-40)44-33-52(50-48-44)42-26-22-37(23-27-42)35-18-13-10-14-19-35/h9-14,16-27,29-33H,2-8,15,28H2,1H3,(H,46,53). The largest absolute Gasteiger partial charge is 0.352 e. The number of carbonyl (C=O) groups excluding carboxylic acids is 1. The molecule has 0 spiro atoms. The van der Waals surface area contributed by atoms with E-state index in [-0.39, 0.29) is 5.91 Å². The fraction of sp³-hybridized carbons (Fsp3) is 0.222. The smallest absolute Gasteiger partial charge is 0.251 e. The molecule has 2 heterocycles. The van der Waals surface area contributed by atoms with Crippen LogP contribution in [0.4, 0.5) is 0 Å². The summed E-state index contributed by atoms with van der Waals surface area (Å²) in [5.41, 5.74) is 9.75. The third-order valence-electron chi connectivity index (χ3n) is 9.57. The number of nitrogens with one attached hydrogen (secondary N) is 1. The van der Waals surface area contributed by atoms with Gasteiger partial charge in [-0.3, -0.25) is 4.79 Å². The van der Waals surface area contributed by atoms with Crippen LogP contribution in [0.15, 0.2) is 140 Å². The third-order valence-corrected chi connectivity index (χ3v) is 9.57. The van der Waals surface area contributed by atoms with Crippen molar-refractivity contribution in [3.63, 3.8) is 0 Å². The van der Waals surface area contributed by atoms with Gasteiger partial charge in [0.15, 0.2) is 0 Å². The quantitative estimate of drug-likeness (QED) is 0.101. The molecule has 0 bridgehead atoms. The first-order valence-corrected chi connectivity index (χ1v) is 18.7. The van der Waals surface area contributed by atoms with E-state index in [2.05, 4.69) is 81.4 Å². The number of benzene rings is 5. The molecule has 0 atom stereocenters. The Morgan fingerprint density at radius 3 is 1.42 bits per heavy atom. The molecule has 0 saturated heterocycles. The number of carbonyl (C=O) groups is 1. The molecule has 0 radical (unpaired) electrons. The summed E-state index contributed by atoms with van der Waals surface area (Å²) < 4.78 is 3.52. The van der Waals surface area contributed by atoms with Crippen molar-refractivity contribution in [3.05, 3.63) is 145 Å². The summed E-state index contributed by atoms with van der Waals surface area (Å²) in [5.74, 6) is -0.121. The van der Waals surface area contributed by atoms with Crippen LogP contribution in [0.2, 0.25) is 0 Å². The zero-order valence-corrected chi connectivity index (χ0v) is 30.2. The highest BCUT2D eigenvalue weighted by Gasteiger charge is 2.16. The van der Waals surface area contributed by atoms with Crippen LogP contribution in [-0.2, 0) is 0 Å². The monoisotopic (exact) mass is 699 g/mol. The topological polar surface area (TPSA) is 90.5 Å². The fourth-order valence-corrected chi connectivity index (χ4v) is 6.54. The first-order valence-electron chi connectivity index (χ1n) is 18.7. The Hall–Kier alpha value is -6.15. The predicted octanol–water partition coefficient (Wildman–Crippen LogP) is 10.4. The molecule has 5 aromatic carbocycles. The van der Waals surface area contributed by atoms with Crippen molar-refractivity contribution in [2.24, 2.45) is 0 Å². The summed E-state index contributed by atoms with van der Waals surface area (Å²) in [6.07, 6.45) is 13.5. The van der Waals surface area contributed by atoms with E-state index in [1.807, 2.05) is 91.3 Å². The van der Waals surface area contributed by atoms with Gasteiger partial charge in [-0.2, -0.15) is 0 Å². The molecule has 1 N–H and O–H groups in total. The molecule has 0 aliphatic rings. The van der Waals surface area contributed by atoms with E-state index in [9.17, 15) is 4.79 Å². The van der Waals surface area contributed by atoms with Crippen LogP contribution >= 0.6 is 0 Å². The van der Waals surface area contributed by atoms with Gasteiger partial charge in [0.2, 0.25) is 0 Å². The number of amides is 1. The van der Waals surface area contributed by atoms with Crippen molar-refractivity contribution < 1.29 is 4.79 Å². The average molecular weight is 700 g/mol. The Morgan fingerprint density at radius 2 is 0.943 bits per heavy atom. The van der Waals surface area contributed by atoms with Crippen molar-refractivity contribution in [2.45, 2.75) is 58.3 Å². The zero-order valence-electron chi connectivity index (χ0n) is 30.2. The minimum atomic E-state index is -0.121. The molecule has 0 unspecified atom stereocenters. The number of hydrogen-bond acceptors (Lipinski definition) is 5. The van der Waals surface area contributed by atoms with Crippen LogP contribution < -0.4 is 5.32 Å². The van der Waals surface area contributed by atoms with Crippen LogP contribution in [0.3, 0.4) is 0 Å². The van der Waals surface area contributed by atoms with Gasteiger partial charge in [-0.05, 0) is 71.1 Å². The SMILES string of the molecule is CCCCCCCCCCNC(=O)c1cc(-c2cn(-c3ccc(-c4ccccc4)cc3)nn2)cc(-c2cn(-c3ccc(-c4ccccc4)cc3)nn2)c1. The summed E-state index contributed by atoms with van der Waals surface area (Å²) >= 11 is 0. The van der Waals surface area contributed by atoms with Gasteiger partial charge < -0.3 is 5.32 Å². The van der Waals surface area contributed by atoms with Gasteiger partial charge in [0.1, 0.15) is 11.4 Å². The second kappa shape index (κ2) is 17.4. The molecular formula is C45H45N7O. The van der Waals surface area contributed by atoms with Crippen molar-refractivity contribution in [1.29, 1.82) is 0 Å². The molecule has 8 nitrogen and oxygen atoms in total. The van der Waals surface area contributed by atoms with Gasteiger partial charge >= 0.3 is 0 Å². The highest BCUT2D eigenvalue weighted by Crippen LogP contribution is 2.29. The van der Waals surface area contributed by atoms with Gasteiger partial charge in [0.05, 0.1) is 23.8 Å². The summed E-state index contributed by atoms with van der Waals surface area (Å²) in [7, 11) is 0. The maximum absolute atomic E-state index is 13.6. The van der Waals surface area contributed by atoms with Crippen molar-refractivity contribution in [1.82, 2.24) is 35.3 Å². The molecule has 7 aromatic rings. The molecule has 7 rings (SSSR count). The van der Waals surface area contributed by atoms with E-state index in [1.165, 1.54) is 38.5 Å². The molecule has 53 heavy (non-hydrogen) atoms. The van der Waals surface area contributed by atoms with Gasteiger partial charge in [-0.1, -0.05) is 147 Å². The predicted molar refractivity (Wildman–Crippen MR) is 213 cm³/mol. The zero-order chi connectivity index (χ0) is 36.2. The van der Waals surface area contributed by atoms with E-state index < -0.39 is 0 Å². The van der Waals surface area contributed by atoms with E-state index in [0.29, 0.717) is 23.5 Å². The summed E-state index contributed by atoms with van der Waals surface area (Å²) in [6, 6.07) is 42.8. The lowest BCUT2D eigenvalue weighted by atomic mass is 10.0. The molecule has 0 fully saturated rings. The molecule has 266 valence electrons. The number of rotatable bonds is 16. The first kappa shape index (κ1) is 35.3. The van der Waals surface area contributed by atoms with Crippen LogP contribution in [0.1, 0.15) is 68.6 Å². The first-order chi connectivity index (χ1) is 26.1. The average Bonchev–Trinajstić information content (AvgIpc) is 3.93. The Labute approximate surface area is 311 Å². The minimum absolute atomic E-state index is 0.121. The lowest BCUT2D eigenvalue weighted by Crippen LogP contribution is -2.24. The normalized spacial score (nSPS) is 11.1. The summed E-state index contributed by atoms with van der Waals surface area (Å²) in [5, 5.41) is 21.1. The van der Waals surface area contributed by atoms with Crippen LogP contribution in [0, 0.1) is 0 Å². The minimum Gasteiger partial charge on any atom is -0.352 e. The number of nitrogens with zero attached hydrogens (tertiary/aromatic N) is 6. The summed E-state index contributed by atoms with van der Waals surface area (Å²) in [4.78, 5) is 13.6. The Morgan fingerprint density at radius 1 is 0.509 bits per heavy atom. The molecule has 8 heteroatoms. The second-order valence-corrected chi connectivity index (χ2v) is 13.5. The van der Waals surface area contributed by atoms with Crippen molar-refractivity contribution in [3.8, 4) is 56.1 Å². The molecular weight excluding hydrogens is 655 g/mol. The molecule has 1 amide bonds. The Bertz CT molecular complexity index is 2070. The van der Waals surface area contributed by atoms with E-state index in [1.54, 1.807) is 9.36 Å². The molecule has 2 aromatic heterocycles. The number of aromatic nitrogens is 6. The van der Waals surface area contributed by atoms with Crippen LogP contribution in [-0.4, -0.2) is 42.4 Å². The Kier molecular flexibility index (Phi) is 11.6. The molecule has 0 aliphatic heterocycles. The van der Waals surface area contributed by atoms with Crippen LogP contribution in [0.5, 0.6) is 0 Å². The molecule has 0 aliphatic carbocycles. The van der Waals surface area contributed by atoms with Gasteiger partial charge in [0, 0.05) is 23.2 Å². The second-order valence-electron chi connectivity index (χ2n) is 13.5. The van der Waals surface area contributed by atoms with Crippen molar-refractivity contribution >= 4 is 5.91 Å². The maximum Gasteiger partial charge on any atom is 0.251 e. The van der Waals surface area contributed by atoms with Crippen molar-refractivity contribution in [2.75, 3.05) is 6.54 Å². The number of unbranched alkanes of at least 4 members (excludes halogenated alkanes) is 7. The Balaban J connectivity index is 1.11. The lowest BCUT2D eigenvalue weighted by molar-refractivity contribution is 0.0953. The van der Waals surface area contributed by atoms with E-state index in [4.69, 9.17) is 0 Å². The van der Waals surface area contributed by atoms with E-state index in [0.717, 1.165) is 57.6 Å².